The predicted octanol–water partition coefficient (Wildman–Crippen LogP) is 3.63. The van der Waals surface area contributed by atoms with Crippen LogP contribution in [0.15, 0.2) is 40.9 Å². The summed E-state index contributed by atoms with van der Waals surface area (Å²) in [6.45, 7) is 0.710. The van der Waals surface area contributed by atoms with Gasteiger partial charge in [-0.1, -0.05) is 22.0 Å². The molecule has 20 heavy (non-hydrogen) atoms. The minimum Gasteiger partial charge on any atom is -0.494 e. The number of rotatable bonds is 5. The van der Waals surface area contributed by atoms with Crippen molar-refractivity contribution in [1.82, 2.24) is 0 Å². The van der Waals surface area contributed by atoms with Crippen LogP contribution in [0.1, 0.15) is 11.1 Å². The molecule has 0 aliphatic rings. The van der Waals surface area contributed by atoms with Crippen molar-refractivity contribution < 1.29 is 13.9 Å². The molecule has 0 fully saturated rings. The third-order valence-electron chi connectivity index (χ3n) is 2.86. The molecule has 0 saturated heterocycles. The third-order valence-corrected chi connectivity index (χ3v) is 3.63. The first-order valence-electron chi connectivity index (χ1n) is 6.07. The average molecular weight is 340 g/mol. The molecule has 0 unspecified atom stereocenters. The van der Waals surface area contributed by atoms with Gasteiger partial charge in [0.05, 0.1) is 7.11 Å². The summed E-state index contributed by atoms with van der Waals surface area (Å²) in [5.41, 5.74) is 7.33. The number of hydrogen-bond acceptors (Lipinski definition) is 3. The predicted molar refractivity (Wildman–Crippen MR) is 79.3 cm³/mol. The Morgan fingerprint density at radius 2 is 2.00 bits per heavy atom. The maximum Gasteiger partial charge on any atom is 0.165 e. The van der Waals surface area contributed by atoms with Gasteiger partial charge in [-0.25, -0.2) is 4.39 Å². The molecule has 0 radical (unpaired) electrons. The molecule has 2 N–H and O–H groups in total. The lowest BCUT2D eigenvalue weighted by atomic mass is 10.2. The Kier molecular flexibility index (Phi) is 4.98. The fraction of sp³-hybridized carbons (Fsp3) is 0.200. The van der Waals surface area contributed by atoms with E-state index in [1.807, 2.05) is 18.2 Å². The van der Waals surface area contributed by atoms with Crippen molar-refractivity contribution in [3.8, 4) is 11.5 Å². The molecule has 2 rings (SSSR count). The number of halogens is 2. The Morgan fingerprint density at radius 3 is 2.65 bits per heavy atom. The quantitative estimate of drug-likeness (QED) is 0.904. The SMILES string of the molecule is COc1ccc(COc2ccc(Br)c(CN)c2)cc1F. The zero-order chi connectivity index (χ0) is 14.5. The molecule has 2 aromatic carbocycles. The van der Waals surface area contributed by atoms with Crippen molar-refractivity contribution in [3.05, 3.63) is 57.8 Å². The van der Waals surface area contributed by atoms with Gasteiger partial charge in [-0.05, 0) is 41.5 Å². The van der Waals surface area contributed by atoms with E-state index in [9.17, 15) is 4.39 Å². The molecule has 0 amide bonds. The second-order valence-electron chi connectivity index (χ2n) is 4.21. The van der Waals surface area contributed by atoms with E-state index in [0.29, 0.717) is 12.3 Å². The van der Waals surface area contributed by atoms with Crippen LogP contribution in [0, 0.1) is 5.82 Å². The lowest BCUT2D eigenvalue weighted by Gasteiger charge is -2.10. The molecule has 2 aromatic rings. The molecule has 106 valence electrons. The molecule has 0 spiro atoms. The number of hydrogen-bond donors (Lipinski definition) is 1. The van der Waals surface area contributed by atoms with Gasteiger partial charge in [0.1, 0.15) is 12.4 Å². The Bertz CT molecular complexity index is 604. The molecule has 5 heteroatoms. The summed E-state index contributed by atoms with van der Waals surface area (Å²) in [6, 6.07) is 10.3. The molecule has 0 heterocycles. The monoisotopic (exact) mass is 339 g/mol. The van der Waals surface area contributed by atoms with Crippen LogP contribution in [-0.2, 0) is 13.2 Å². The maximum absolute atomic E-state index is 13.5. The van der Waals surface area contributed by atoms with E-state index >= 15 is 0 Å². The first kappa shape index (κ1) is 14.8. The molecule has 0 saturated carbocycles. The largest absolute Gasteiger partial charge is 0.494 e. The van der Waals surface area contributed by atoms with E-state index in [0.717, 1.165) is 15.6 Å². The van der Waals surface area contributed by atoms with E-state index in [1.54, 1.807) is 12.1 Å². The molecule has 0 aliphatic heterocycles. The van der Waals surface area contributed by atoms with Crippen LogP contribution < -0.4 is 15.2 Å². The average Bonchev–Trinajstić information content (AvgIpc) is 2.46. The summed E-state index contributed by atoms with van der Waals surface area (Å²) < 4.78 is 25.0. The minimum absolute atomic E-state index is 0.225. The number of benzene rings is 2. The topological polar surface area (TPSA) is 44.5 Å². The van der Waals surface area contributed by atoms with Crippen molar-refractivity contribution >= 4 is 15.9 Å². The number of ether oxygens (including phenoxy) is 2. The van der Waals surface area contributed by atoms with E-state index < -0.39 is 5.82 Å². The lowest BCUT2D eigenvalue weighted by Crippen LogP contribution is -2.00. The van der Waals surface area contributed by atoms with Crippen LogP contribution in [0.3, 0.4) is 0 Å². The lowest BCUT2D eigenvalue weighted by molar-refractivity contribution is 0.304. The molecule has 0 atom stereocenters. The second-order valence-corrected chi connectivity index (χ2v) is 5.07. The maximum atomic E-state index is 13.5. The van der Waals surface area contributed by atoms with Gasteiger partial charge >= 0.3 is 0 Å². The fourth-order valence-corrected chi connectivity index (χ4v) is 2.17. The summed E-state index contributed by atoms with van der Waals surface area (Å²) in [5.74, 6) is 0.528. The van der Waals surface area contributed by atoms with Gasteiger partial charge in [-0.2, -0.15) is 0 Å². The molecule has 0 aliphatic carbocycles. The van der Waals surface area contributed by atoms with Crippen LogP contribution in [0.5, 0.6) is 11.5 Å². The Labute approximate surface area is 125 Å². The molecule has 0 bridgehead atoms. The summed E-state index contributed by atoms with van der Waals surface area (Å²) in [6.07, 6.45) is 0. The first-order valence-corrected chi connectivity index (χ1v) is 6.87. The summed E-state index contributed by atoms with van der Waals surface area (Å²) in [7, 11) is 1.44. The van der Waals surface area contributed by atoms with E-state index in [1.165, 1.54) is 13.2 Å². The fourth-order valence-electron chi connectivity index (χ4n) is 1.76. The Balaban J connectivity index is 2.07. The zero-order valence-electron chi connectivity index (χ0n) is 11.0. The molecular formula is C15H15BrFNO2. The number of nitrogens with two attached hydrogens (primary N) is 1. The van der Waals surface area contributed by atoms with Gasteiger partial charge in [-0.3, -0.25) is 0 Å². The van der Waals surface area contributed by atoms with E-state index in [2.05, 4.69) is 15.9 Å². The molecule has 3 nitrogen and oxygen atoms in total. The molecule has 0 aromatic heterocycles. The summed E-state index contributed by atoms with van der Waals surface area (Å²) >= 11 is 3.41. The van der Waals surface area contributed by atoms with Crippen molar-refractivity contribution in [1.29, 1.82) is 0 Å². The highest BCUT2D eigenvalue weighted by Gasteiger charge is 2.05. The summed E-state index contributed by atoms with van der Waals surface area (Å²) in [5, 5.41) is 0. The first-order chi connectivity index (χ1) is 9.63. The van der Waals surface area contributed by atoms with Crippen LogP contribution in [0.4, 0.5) is 4.39 Å². The minimum atomic E-state index is -0.396. The second kappa shape index (κ2) is 6.72. The van der Waals surface area contributed by atoms with Crippen LogP contribution in [-0.4, -0.2) is 7.11 Å². The van der Waals surface area contributed by atoms with Gasteiger partial charge in [0.15, 0.2) is 11.6 Å². The van der Waals surface area contributed by atoms with Gasteiger partial charge in [0.2, 0.25) is 0 Å². The Hall–Kier alpha value is -1.59. The smallest absolute Gasteiger partial charge is 0.165 e. The van der Waals surface area contributed by atoms with Crippen LogP contribution in [0.2, 0.25) is 0 Å². The highest BCUT2D eigenvalue weighted by Crippen LogP contribution is 2.23. The van der Waals surface area contributed by atoms with Gasteiger partial charge in [0.25, 0.3) is 0 Å². The van der Waals surface area contributed by atoms with Crippen molar-refractivity contribution in [2.75, 3.05) is 7.11 Å². The number of methoxy groups -OCH3 is 1. The summed E-state index contributed by atoms with van der Waals surface area (Å²) in [4.78, 5) is 0. The van der Waals surface area contributed by atoms with Crippen molar-refractivity contribution in [3.63, 3.8) is 0 Å². The van der Waals surface area contributed by atoms with Crippen molar-refractivity contribution in [2.45, 2.75) is 13.2 Å². The van der Waals surface area contributed by atoms with Gasteiger partial charge in [0, 0.05) is 11.0 Å². The van der Waals surface area contributed by atoms with Crippen LogP contribution >= 0.6 is 15.9 Å². The van der Waals surface area contributed by atoms with Crippen LogP contribution in [0.25, 0.3) is 0 Å². The zero-order valence-corrected chi connectivity index (χ0v) is 12.6. The third kappa shape index (κ3) is 3.49. The van der Waals surface area contributed by atoms with Gasteiger partial charge < -0.3 is 15.2 Å². The van der Waals surface area contributed by atoms with E-state index in [4.69, 9.17) is 15.2 Å². The normalized spacial score (nSPS) is 10.4. The highest BCUT2D eigenvalue weighted by molar-refractivity contribution is 9.10. The highest BCUT2D eigenvalue weighted by atomic mass is 79.9. The standard InChI is InChI=1S/C15H15BrFNO2/c1-19-15-5-2-10(6-14(15)17)9-20-12-3-4-13(16)11(7-12)8-18/h2-7H,8-9,18H2,1H3. The Morgan fingerprint density at radius 1 is 1.20 bits per heavy atom. The van der Waals surface area contributed by atoms with Gasteiger partial charge in [-0.15, -0.1) is 0 Å². The molecular weight excluding hydrogens is 325 g/mol. The van der Waals surface area contributed by atoms with Crippen molar-refractivity contribution in [2.24, 2.45) is 5.73 Å². The van der Waals surface area contributed by atoms with E-state index in [-0.39, 0.29) is 12.4 Å².